The van der Waals surface area contributed by atoms with E-state index < -0.39 is 5.54 Å². The average Bonchev–Trinajstić information content (AvgIpc) is 3.69. The summed E-state index contributed by atoms with van der Waals surface area (Å²) < 4.78 is 5.63. The molecule has 4 aliphatic rings. The molecule has 0 radical (unpaired) electrons. The van der Waals surface area contributed by atoms with Crippen LogP contribution in [0.2, 0.25) is 0 Å². The van der Waals surface area contributed by atoms with Gasteiger partial charge < -0.3 is 14.5 Å². The molecule has 1 aromatic heterocycles. The molecule has 1 spiro atoms. The molecule has 0 aliphatic carbocycles. The second-order valence-electron chi connectivity index (χ2n) is 10.9. The number of aliphatic imine (C=N–C) groups is 1. The van der Waals surface area contributed by atoms with Crippen molar-refractivity contribution >= 4 is 28.7 Å². The van der Waals surface area contributed by atoms with E-state index in [1.54, 1.807) is 0 Å². The van der Waals surface area contributed by atoms with E-state index in [2.05, 4.69) is 53.5 Å². The molecule has 7 rings (SSSR count). The molecule has 194 valence electrons. The third-order valence-corrected chi connectivity index (χ3v) is 8.35. The number of pyridine rings is 1. The van der Waals surface area contributed by atoms with Gasteiger partial charge in [0.1, 0.15) is 5.84 Å². The highest BCUT2D eigenvalue weighted by atomic mass is 16.5. The van der Waals surface area contributed by atoms with E-state index in [9.17, 15) is 9.59 Å². The standard InChI is InChI=1S/C30H31N5O3/c36-28-30(11-15-38-20-30)32-27(35(28)19-21-17-34(18-21)29(37)33-13-1-2-14-33)24-8-5-22(6-9-24)25-10-7-23-4-3-12-31-26(23)16-25/h3-10,12,16,21H,1-2,11,13-15,17-20H2. The normalized spacial score (nSPS) is 23.5. The Balaban J connectivity index is 1.11. The minimum absolute atomic E-state index is 0.0269. The Labute approximate surface area is 221 Å². The minimum atomic E-state index is -0.813. The predicted molar refractivity (Wildman–Crippen MR) is 145 cm³/mol. The molecular weight excluding hydrogens is 478 g/mol. The summed E-state index contributed by atoms with van der Waals surface area (Å²) in [7, 11) is 0. The zero-order valence-electron chi connectivity index (χ0n) is 21.4. The summed E-state index contributed by atoms with van der Waals surface area (Å²) in [6, 6.07) is 18.7. The molecule has 8 heteroatoms. The smallest absolute Gasteiger partial charge is 0.320 e. The highest BCUT2D eigenvalue weighted by Gasteiger charge is 2.52. The number of carbonyl (C=O) groups excluding carboxylic acids is 2. The lowest BCUT2D eigenvalue weighted by Gasteiger charge is -2.42. The maximum absolute atomic E-state index is 13.7. The van der Waals surface area contributed by atoms with E-state index in [0.29, 0.717) is 39.3 Å². The van der Waals surface area contributed by atoms with Crippen molar-refractivity contribution in [1.29, 1.82) is 0 Å². The van der Waals surface area contributed by atoms with Crippen LogP contribution in [0.1, 0.15) is 24.8 Å². The lowest BCUT2D eigenvalue weighted by atomic mass is 9.96. The maximum atomic E-state index is 13.7. The van der Waals surface area contributed by atoms with Gasteiger partial charge in [0.05, 0.1) is 12.1 Å². The molecule has 0 N–H and O–H groups in total. The molecule has 3 saturated heterocycles. The Kier molecular flexibility index (Phi) is 5.65. The SMILES string of the molecule is O=C(N1CCCC1)N1CC(CN2C(=O)C3(CCOC3)N=C2c2ccc(-c3ccc4cccnc4c3)cc2)C1. The fourth-order valence-electron chi connectivity index (χ4n) is 6.13. The van der Waals surface area contributed by atoms with Gasteiger partial charge >= 0.3 is 6.03 Å². The lowest BCUT2D eigenvalue weighted by Crippen LogP contribution is -2.58. The first-order valence-corrected chi connectivity index (χ1v) is 13.6. The Morgan fingerprint density at radius 3 is 2.50 bits per heavy atom. The van der Waals surface area contributed by atoms with Gasteiger partial charge in [-0.2, -0.15) is 0 Å². The number of carbonyl (C=O) groups is 2. The number of fused-ring (bicyclic) bond motifs is 1. The Morgan fingerprint density at radius 1 is 0.974 bits per heavy atom. The molecule has 8 nitrogen and oxygen atoms in total. The Morgan fingerprint density at radius 2 is 1.74 bits per heavy atom. The fraction of sp³-hybridized carbons (Fsp3) is 0.400. The van der Waals surface area contributed by atoms with Crippen LogP contribution in [-0.2, 0) is 9.53 Å². The molecule has 38 heavy (non-hydrogen) atoms. The lowest BCUT2D eigenvalue weighted by molar-refractivity contribution is -0.132. The van der Waals surface area contributed by atoms with E-state index in [4.69, 9.17) is 9.73 Å². The maximum Gasteiger partial charge on any atom is 0.320 e. The molecule has 4 aliphatic heterocycles. The van der Waals surface area contributed by atoms with Crippen molar-refractivity contribution in [3.63, 3.8) is 0 Å². The highest BCUT2D eigenvalue weighted by Crippen LogP contribution is 2.35. The van der Waals surface area contributed by atoms with Crippen LogP contribution in [0.3, 0.4) is 0 Å². The third kappa shape index (κ3) is 3.95. The van der Waals surface area contributed by atoms with Crippen molar-refractivity contribution in [3.8, 4) is 11.1 Å². The number of ether oxygens (including phenoxy) is 1. The van der Waals surface area contributed by atoms with Crippen LogP contribution in [0.4, 0.5) is 4.79 Å². The summed E-state index contributed by atoms with van der Waals surface area (Å²) in [6.07, 6.45) is 4.60. The van der Waals surface area contributed by atoms with Crippen molar-refractivity contribution in [2.75, 3.05) is 45.9 Å². The van der Waals surface area contributed by atoms with E-state index in [0.717, 1.165) is 59.4 Å². The van der Waals surface area contributed by atoms with Gasteiger partial charge in [-0.3, -0.25) is 14.7 Å². The number of likely N-dealkylation sites (tertiary alicyclic amines) is 2. The minimum Gasteiger partial charge on any atom is -0.378 e. The first-order valence-electron chi connectivity index (χ1n) is 13.6. The number of amides is 3. The number of hydrogen-bond acceptors (Lipinski definition) is 5. The largest absolute Gasteiger partial charge is 0.378 e. The summed E-state index contributed by atoms with van der Waals surface area (Å²) in [4.78, 5) is 41.6. The molecule has 1 unspecified atom stereocenters. The Bertz CT molecular complexity index is 1420. The topological polar surface area (TPSA) is 78.3 Å². The average molecular weight is 510 g/mol. The second kappa shape index (κ2) is 9.20. The number of rotatable bonds is 4. The number of hydrogen-bond donors (Lipinski definition) is 0. The van der Waals surface area contributed by atoms with Gasteiger partial charge in [0.25, 0.3) is 5.91 Å². The van der Waals surface area contributed by atoms with E-state index in [1.165, 1.54) is 0 Å². The number of benzene rings is 2. The van der Waals surface area contributed by atoms with Gasteiger partial charge in [0.15, 0.2) is 5.54 Å². The van der Waals surface area contributed by atoms with Gasteiger partial charge in [0.2, 0.25) is 0 Å². The van der Waals surface area contributed by atoms with Gasteiger partial charge in [-0.15, -0.1) is 0 Å². The summed E-state index contributed by atoms with van der Waals surface area (Å²) in [6.45, 7) is 4.54. The number of amidine groups is 1. The summed E-state index contributed by atoms with van der Waals surface area (Å²) >= 11 is 0. The predicted octanol–water partition coefficient (Wildman–Crippen LogP) is 3.80. The van der Waals surface area contributed by atoms with Crippen LogP contribution in [0, 0.1) is 5.92 Å². The highest BCUT2D eigenvalue weighted by molar-refractivity contribution is 6.15. The number of urea groups is 1. The van der Waals surface area contributed by atoms with E-state index in [-0.39, 0.29) is 17.9 Å². The van der Waals surface area contributed by atoms with Crippen molar-refractivity contribution in [3.05, 3.63) is 66.4 Å². The van der Waals surface area contributed by atoms with Crippen LogP contribution < -0.4 is 0 Å². The molecule has 3 fully saturated rings. The molecule has 2 aromatic carbocycles. The molecule has 0 saturated carbocycles. The molecular formula is C30H31N5O3. The van der Waals surface area contributed by atoms with Crippen molar-refractivity contribution in [2.24, 2.45) is 10.9 Å². The quantitative estimate of drug-likeness (QED) is 0.536. The van der Waals surface area contributed by atoms with Crippen molar-refractivity contribution < 1.29 is 14.3 Å². The number of nitrogens with zero attached hydrogens (tertiary/aromatic N) is 5. The molecule has 0 bridgehead atoms. The second-order valence-corrected chi connectivity index (χ2v) is 10.9. The zero-order valence-corrected chi connectivity index (χ0v) is 21.4. The summed E-state index contributed by atoms with van der Waals surface area (Å²) in [5, 5.41) is 1.11. The Hall–Kier alpha value is -3.78. The third-order valence-electron chi connectivity index (χ3n) is 8.35. The molecule has 3 amide bonds. The van der Waals surface area contributed by atoms with Crippen LogP contribution in [0.5, 0.6) is 0 Å². The van der Waals surface area contributed by atoms with Gasteiger partial charge in [-0.25, -0.2) is 9.79 Å². The van der Waals surface area contributed by atoms with Crippen molar-refractivity contribution in [2.45, 2.75) is 24.8 Å². The molecule has 1 atom stereocenters. The van der Waals surface area contributed by atoms with Crippen LogP contribution in [0.25, 0.3) is 22.0 Å². The zero-order chi connectivity index (χ0) is 25.7. The molecule has 3 aromatic rings. The van der Waals surface area contributed by atoms with Crippen LogP contribution in [0.15, 0.2) is 65.8 Å². The number of aromatic nitrogens is 1. The van der Waals surface area contributed by atoms with Gasteiger partial charge in [-0.1, -0.05) is 42.5 Å². The first kappa shape index (κ1) is 23.3. The molecule has 5 heterocycles. The first-order chi connectivity index (χ1) is 18.6. The van der Waals surface area contributed by atoms with Crippen molar-refractivity contribution in [1.82, 2.24) is 19.7 Å². The van der Waals surface area contributed by atoms with E-state index >= 15 is 0 Å². The summed E-state index contributed by atoms with van der Waals surface area (Å²) in [5.41, 5.74) is 3.27. The fourth-order valence-corrected chi connectivity index (χ4v) is 6.13. The van der Waals surface area contributed by atoms with Gasteiger partial charge in [0, 0.05) is 68.8 Å². The van der Waals surface area contributed by atoms with Crippen LogP contribution >= 0.6 is 0 Å². The van der Waals surface area contributed by atoms with E-state index in [1.807, 2.05) is 27.0 Å². The van der Waals surface area contributed by atoms with Crippen LogP contribution in [-0.4, -0.2) is 88.9 Å². The monoisotopic (exact) mass is 509 g/mol. The van der Waals surface area contributed by atoms with Gasteiger partial charge in [-0.05, 0) is 36.1 Å². The summed E-state index contributed by atoms with van der Waals surface area (Å²) in [5.74, 6) is 0.994.